The van der Waals surface area contributed by atoms with Crippen LogP contribution in [-0.4, -0.2) is 157 Å². The molecule has 0 aromatic rings. The number of rotatable bonds is 7. The van der Waals surface area contributed by atoms with Crippen LogP contribution < -0.4 is 0 Å². The summed E-state index contributed by atoms with van der Waals surface area (Å²) >= 11 is 0. The van der Waals surface area contributed by atoms with Crippen molar-refractivity contribution < 1.29 is 74.7 Å². The van der Waals surface area contributed by atoms with Crippen LogP contribution >= 0.6 is 0 Å². The maximum absolute atomic E-state index is 10.7. The van der Waals surface area contributed by atoms with Gasteiger partial charge in [-0.3, -0.25) is 0 Å². The Balaban J connectivity index is 1.71. The lowest BCUT2D eigenvalue weighted by Gasteiger charge is -2.46. The Morgan fingerprint density at radius 3 is 1.76 bits per heavy atom. The Kier molecular flexibility index (Phi) is 9.35. The lowest BCUT2D eigenvalue weighted by atomic mass is 9.97. The van der Waals surface area contributed by atoms with Gasteiger partial charge in [0.1, 0.15) is 54.9 Å². The molecule has 3 aliphatic rings. The third kappa shape index (κ3) is 5.64. The Bertz CT molecular complexity index is 609. The second kappa shape index (κ2) is 11.4. The van der Waals surface area contributed by atoms with Gasteiger partial charge >= 0.3 is 0 Å². The van der Waals surface area contributed by atoms with Gasteiger partial charge in [0, 0.05) is 6.42 Å². The smallest absolute Gasteiger partial charge is 0.187 e. The number of aliphatic hydroxyl groups excluding tert-OH is 10. The molecule has 15 nitrogen and oxygen atoms in total. The maximum atomic E-state index is 10.7. The fourth-order valence-electron chi connectivity index (χ4n) is 3.99. The third-order valence-electron chi connectivity index (χ3n) is 5.98. The van der Waals surface area contributed by atoms with Gasteiger partial charge in [-0.05, 0) is 0 Å². The highest BCUT2D eigenvalue weighted by Crippen LogP contribution is 2.31. The second-order valence-electron chi connectivity index (χ2n) is 8.24. The van der Waals surface area contributed by atoms with E-state index >= 15 is 0 Å². The van der Waals surface area contributed by atoms with E-state index in [-0.39, 0.29) is 6.42 Å². The Labute approximate surface area is 187 Å². The van der Waals surface area contributed by atoms with Gasteiger partial charge in [-0.15, -0.1) is 0 Å². The fourth-order valence-corrected chi connectivity index (χ4v) is 3.99. The highest BCUT2D eigenvalue weighted by Gasteiger charge is 2.50. The zero-order chi connectivity index (χ0) is 24.4. The molecule has 10 N–H and O–H groups in total. The molecule has 0 amide bonds. The second-order valence-corrected chi connectivity index (χ2v) is 8.24. The van der Waals surface area contributed by atoms with Crippen LogP contribution in [0.4, 0.5) is 0 Å². The summed E-state index contributed by atoms with van der Waals surface area (Å²) in [6, 6.07) is 0. The molecule has 3 rings (SSSR count). The van der Waals surface area contributed by atoms with Crippen LogP contribution in [-0.2, 0) is 23.7 Å². The summed E-state index contributed by atoms with van der Waals surface area (Å²) in [6.07, 6.45) is -21.6. The van der Waals surface area contributed by atoms with Gasteiger partial charge in [-0.1, -0.05) is 0 Å². The van der Waals surface area contributed by atoms with Crippen LogP contribution in [0.25, 0.3) is 0 Å². The number of ether oxygens (including phenoxy) is 5. The highest BCUT2D eigenvalue weighted by molar-refractivity contribution is 4.93. The summed E-state index contributed by atoms with van der Waals surface area (Å²) < 4.78 is 26.7. The molecular weight excluding hydrogens is 456 g/mol. The lowest BCUT2D eigenvalue weighted by Crippen LogP contribution is -2.63. The van der Waals surface area contributed by atoms with E-state index in [1.54, 1.807) is 0 Å². The largest absolute Gasteiger partial charge is 0.394 e. The summed E-state index contributed by atoms with van der Waals surface area (Å²) in [5.41, 5.74) is 0. The Hall–Kier alpha value is -0.600. The minimum Gasteiger partial charge on any atom is -0.394 e. The van der Waals surface area contributed by atoms with E-state index < -0.39 is 106 Å². The lowest BCUT2D eigenvalue weighted by molar-refractivity contribution is -0.369. The fraction of sp³-hybridized carbons (Fsp3) is 1.00. The highest BCUT2D eigenvalue weighted by atomic mass is 16.7. The van der Waals surface area contributed by atoms with Crippen molar-refractivity contribution >= 4 is 0 Å². The minimum atomic E-state index is -1.81. The minimum absolute atomic E-state index is 0.131. The van der Waals surface area contributed by atoms with Crippen molar-refractivity contribution in [2.45, 2.75) is 92.4 Å². The quantitative estimate of drug-likeness (QED) is 0.160. The van der Waals surface area contributed by atoms with Gasteiger partial charge in [-0.25, -0.2) is 0 Å². The van der Waals surface area contributed by atoms with E-state index in [0.717, 1.165) is 0 Å². The number of hydrogen-bond acceptors (Lipinski definition) is 15. The molecule has 3 aliphatic heterocycles. The molecule has 3 fully saturated rings. The normalized spacial score (nSPS) is 51.5. The van der Waals surface area contributed by atoms with Crippen molar-refractivity contribution in [2.24, 2.45) is 0 Å². The average Bonchev–Trinajstić information content (AvgIpc) is 2.81. The first-order chi connectivity index (χ1) is 15.6. The van der Waals surface area contributed by atoms with Crippen LogP contribution in [0.15, 0.2) is 0 Å². The molecule has 33 heavy (non-hydrogen) atoms. The first-order valence-corrected chi connectivity index (χ1v) is 10.5. The predicted molar refractivity (Wildman–Crippen MR) is 99.9 cm³/mol. The van der Waals surface area contributed by atoms with Gasteiger partial charge < -0.3 is 74.7 Å². The molecular formula is C18H32O15. The SMILES string of the molecule is OC[C@@H]1C[C@H](O[C@H]2O[C@H](CO)[C@@H](O)[C@H](O)[C@H]2O)[C@H](O)[C@@H](O[C@H]2[C@@H](O)[C@H](O)[C@@H](CO)O[C@@H]2O)O1. The molecule has 0 saturated carbocycles. The summed E-state index contributed by atoms with van der Waals surface area (Å²) in [6.45, 7) is -1.93. The molecule has 194 valence electrons. The van der Waals surface area contributed by atoms with Crippen LogP contribution in [0, 0.1) is 0 Å². The molecule has 15 heteroatoms. The molecule has 0 aromatic carbocycles. The van der Waals surface area contributed by atoms with Crippen LogP contribution in [0.3, 0.4) is 0 Å². The summed E-state index contributed by atoms with van der Waals surface area (Å²) in [5, 5.41) is 99.0. The van der Waals surface area contributed by atoms with E-state index in [4.69, 9.17) is 28.8 Å². The number of aliphatic hydroxyl groups is 10. The molecule has 3 saturated heterocycles. The Morgan fingerprint density at radius 2 is 1.15 bits per heavy atom. The van der Waals surface area contributed by atoms with Gasteiger partial charge in [0.2, 0.25) is 0 Å². The predicted octanol–water partition coefficient (Wildman–Crippen LogP) is -6.54. The first kappa shape index (κ1) is 27.0. The molecule has 0 aromatic heterocycles. The average molecular weight is 488 g/mol. The van der Waals surface area contributed by atoms with Crippen molar-refractivity contribution in [1.29, 1.82) is 0 Å². The summed E-state index contributed by atoms with van der Waals surface area (Å²) in [5.74, 6) is 0. The van der Waals surface area contributed by atoms with Gasteiger partial charge in [0.05, 0.1) is 32.0 Å². The molecule has 0 unspecified atom stereocenters. The molecule has 0 spiro atoms. The van der Waals surface area contributed by atoms with E-state index in [1.165, 1.54) is 0 Å². The zero-order valence-electron chi connectivity index (χ0n) is 17.4. The number of hydrogen-bond donors (Lipinski definition) is 10. The molecule has 14 atom stereocenters. The molecule has 0 aliphatic carbocycles. The molecule has 0 bridgehead atoms. The van der Waals surface area contributed by atoms with Crippen LogP contribution in [0.2, 0.25) is 0 Å². The van der Waals surface area contributed by atoms with Crippen LogP contribution in [0.1, 0.15) is 6.42 Å². The standard InChI is InChI=1S/C18H32O15/c19-2-5-1-6(31-18-14(27)12(25)9(22)8(4-21)32-18)11(24)17(29-5)33-15-13(26)10(23)7(3-20)30-16(15)28/h5-28H,1-4H2/t5-,6-,7+,8+,9+,10+,11-,12-,13-,14+,15-,16-,17+,18-/m0/s1. The maximum Gasteiger partial charge on any atom is 0.187 e. The van der Waals surface area contributed by atoms with Gasteiger partial charge in [-0.2, -0.15) is 0 Å². The van der Waals surface area contributed by atoms with E-state index in [2.05, 4.69) is 0 Å². The van der Waals surface area contributed by atoms with E-state index in [9.17, 15) is 46.0 Å². The summed E-state index contributed by atoms with van der Waals surface area (Å²) in [4.78, 5) is 0. The van der Waals surface area contributed by atoms with E-state index in [0.29, 0.717) is 0 Å². The monoisotopic (exact) mass is 488 g/mol. The van der Waals surface area contributed by atoms with Crippen molar-refractivity contribution in [3.05, 3.63) is 0 Å². The van der Waals surface area contributed by atoms with E-state index in [1.807, 2.05) is 0 Å². The van der Waals surface area contributed by atoms with Gasteiger partial charge in [0.25, 0.3) is 0 Å². The third-order valence-corrected chi connectivity index (χ3v) is 5.98. The van der Waals surface area contributed by atoms with Gasteiger partial charge in [0.15, 0.2) is 18.9 Å². The molecule has 0 radical (unpaired) electrons. The summed E-state index contributed by atoms with van der Waals surface area (Å²) in [7, 11) is 0. The van der Waals surface area contributed by atoms with Crippen molar-refractivity contribution in [2.75, 3.05) is 19.8 Å². The Morgan fingerprint density at radius 1 is 0.576 bits per heavy atom. The topological polar surface area (TPSA) is 248 Å². The first-order valence-electron chi connectivity index (χ1n) is 10.5. The molecule has 3 heterocycles. The zero-order valence-corrected chi connectivity index (χ0v) is 17.4. The van der Waals surface area contributed by atoms with Crippen molar-refractivity contribution in [3.63, 3.8) is 0 Å². The van der Waals surface area contributed by atoms with Crippen molar-refractivity contribution in [3.8, 4) is 0 Å². The van der Waals surface area contributed by atoms with Crippen LogP contribution in [0.5, 0.6) is 0 Å². The van der Waals surface area contributed by atoms with Crippen molar-refractivity contribution in [1.82, 2.24) is 0 Å².